The van der Waals surface area contributed by atoms with E-state index < -0.39 is 5.82 Å². The number of benzene rings is 1. The van der Waals surface area contributed by atoms with Gasteiger partial charge in [0, 0.05) is 0 Å². The molecule has 0 amide bonds. The molecule has 0 bridgehead atoms. The van der Waals surface area contributed by atoms with E-state index in [1.807, 2.05) is 13.8 Å². The number of fused-ring (bicyclic) bond motifs is 1. The summed E-state index contributed by atoms with van der Waals surface area (Å²) in [7, 11) is 0. The van der Waals surface area contributed by atoms with Crippen molar-refractivity contribution >= 4 is 22.6 Å². The van der Waals surface area contributed by atoms with Crippen molar-refractivity contribution in [2.45, 2.75) is 19.9 Å². The average Bonchev–Trinajstić information content (AvgIpc) is 2.67. The van der Waals surface area contributed by atoms with E-state index in [1.54, 1.807) is 12.1 Å². The molecular weight excluding hydrogens is 229 g/mol. The Morgan fingerprint density at radius 2 is 2.06 bits per heavy atom. The largest absolute Gasteiger partial charge is 0.459 e. The molecule has 0 aliphatic rings. The van der Waals surface area contributed by atoms with Gasteiger partial charge in [-0.25, -0.2) is 4.39 Å². The SMILES string of the molecule is CC(C)[C@@H](N)c1cc2c(F)c(Cl)ccc2o1. The van der Waals surface area contributed by atoms with Crippen LogP contribution in [0.15, 0.2) is 22.6 Å². The summed E-state index contributed by atoms with van der Waals surface area (Å²) in [6, 6.07) is 4.52. The second kappa shape index (κ2) is 4.07. The lowest BCUT2D eigenvalue weighted by Gasteiger charge is -2.11. The number of rotatable bonds is 2. The Balaban J connectivity index is 2.56. The minimum absolute atomic E-state index is 0.0953. The molecule has 0 aliphatic carbocycles. The van der Waals surface area contributed by atoms with Crippen molar-refractivity contribution in [2.24, 2.45) is 11.7 Å². The molecule has 0 saturated carbocycles. The summed E-state index contributed by atoms with van der Waals surface area (Å²) in [6.45, 7) is 3.97. The van der Waals surface area contributed by atoms with Crippen LogP contribution in [0.4, 0.5) is 4.39 Å². The van der Waals surface area contributed by atoms with E-state index in [4.69, 9.17) is 21.8 Å². The molecule has 0 fully saturated rings. The molecule has 0 aliphatic heterocycles. The molecular formula is C12H13ClFNO. The van der Waals surface area contributed by atoms with E-state index >= 15 is 0 Å². The molecule has 1 aromatic heterocycles. The normalized spacial score (nSPS) is 13.6. The van der Waals surface area contributed by atoms with Gasteiger partial charge in [-0.1, -0.05) is 25.4 Å². The summed E-state index contributed by atoms with van der Waals surface area (Å²) in [5.74, 6) is 0.371. The van der Waals surface area contributed by atoms with Crippen LogP contribution in [0.1, 0.15) is 25.6 Å². The van der Waals surface area contributed by atoms with Crippen LogP contribution in [0.2, 0.25) is 5.02 Å². The summed E-state index contributed by atoms with van der Waals surface area (Å²) in [6.07, 6.45) is 0. The third-order valence-corrected chi connectivity index (χ3v) is 2.95. The summed E-state index contributed by atoms with van der Waals surface area (Å²) in [4.78, 5) is 0. The monoisotopic (exact) mass is 241 g/mol. The van der Waals surface area contributed by atoms with Crippen molar-refractivity contribution in [3.05, 3.63) is 34.8 Å². The number of furan rings is 1. The van der Waals surface area contributed by atoms with E-state index in [2.05, 4.69) is 0 Å². The molecule has 16 heavy (non-hydrogen) atoms. The predicted octanol–water partition coefficient (Wildman–Crippen LogP) is 3.88. The average molecular weight is 242 g/mol. The first-order valence-corrected chi connectivity index (χ1v) is 5.51. The van der Waals surface area contributed by atoms with Crippen LogP contribution in [0.5, 0.6) is 0 Å². The van der Waals surface area contributed by atoms with Gasteiger partial charge in [-0.15, -0.1) is 0 Å². The Morgan fingerprint density at radius 3 is 2.69 bits per heavy atom. The van der Waals surface area contributed by atoms with E-state index in [-0.39, 0.29) is 17.0 Å². The summed E-state index contributed by atoms with van der Waals surface area (Å²) < 4.78 is 19.1. The van der Waals surface area contributed by atoms with E-state index in [1.165, 1.54) is 6.07 Å². The van der Waals surface area contributed by atoms with E-state index in [0.717, 1.165) is 0 Å². The lowest BCUT2D eigenvalue weighted by atomic mass is 10.0. The molecule has 0 saturated heterocycles. The Hall–Kier alpha value is -1.06. The molecule has 1 atom stereocenters. The van der Waals surface area contributed by atoms with Gasteiger partial charge in [0.2, 0.25) is 0 Å². The van der Waals surface area contributed by atoms with Gasteiger partial charge >= 0.3 is 0 Å². The number of nitrogens with two attached hydrogens (primary N) is 1. The zero-order valence-electron chi connectivity index (χ0n) is 9.13. The lowest BCUT2D eigenvalue weighted by Crippen LogP contribution is -2.15. The number of hydrogen-bond acceptors (Lipinski definition) is 2. The van der Waals surface area contributed by atoms with Crippen LogP contribution in [-0.4, -0.2) is 0 Å². The van der Waals surface area contributed by atoms with E-state index in [9.17, 15) is 4.39 Å². The van der Waals surface area contributed by atoms with Gasteiger partial charge in [0.05, 0.1) is 16.5 Å². The van der Waals surface area contributed by atoms with Gasteiger partial charge in [0.15, 0.2) is 5.82 Å². The summed E-state index contributed by atoms with van der Waals surface area (Å²) >= 11 is 5.69. The first kappa shape index (κ1) is 11.4. The zero-order chi connectivity index (χ0) is 11.9. The third kappa shape index (κ3) is 1.81. The van der Waals surface area contributed by atoms with Crippen LogP contribution in [0.3, 0.4) is 0 Å². The zero-order valence-corrected chi connectivity index (χ0v) is 9.88. The van der Waals surface area contributed by atoms with Gasteiger partial charge in [0.25, 0.3) is 0 Å². The Labute approximate surface area is 98.2 Å². The topological polar surface area (TPSA) is 39.2 Å². The maximum Gasteiger partial charge on any atom is 0.152 e. The van der Waals surface area contributed by atoms with E-state index in [0.29, 0.717) is 16.7 Å². The molecule has 2 N–H and O–H groups in total. The van der Waals surface area contributed by atoms with Gasteiger partial charge in [-0.05, 0) is 24.1 Å². The van der Waals surface area contributed by atoms with Gasteiger partial charge in [-0.2, -0.15) is 0 Å². The maximum atomic E-state index is 13.6. The van der Waals surface area contributed by atoms with Crippen LogP contribution < -0.4 is 5.73 Å². The molecule has 2 rings (SSSR count). The number of halogens is 2. The van der Waals surface area contributed by atoms with Gasteiger partial charge in [-0.3, -0.25) is 0 Å². The minimum atomic E-state index is -0.454. The highest BCUT2D eigenvalue weighted by molar-refractivity contribution is 6.31. The molecule has 0 spiro atoms. The van der Waals surface area contributed by atoms with Crippen LogP contribution >= 0.6 is 11.6 Å². The Bertz CT molecular complexity index is 521. The molecule has 1 heterocycles. The highest BCUT2D eigenvalue weighted by atomic mass is 35.5. The lowest BCUT2D eigenvalue weighted by molar-refractivity contribution is 0.418. The summed E-state index contributed by atoms with van der Waals surface area (Å²) in [5, 5.41) is 0.483. The van der Waals surface area contributed by atoms with Crippen molar-refractivity contribution in [3.8, 4) is 0 Å². The Kier molecular flexibility index (Phi) is 2.91. The second-order valence-electron chi connectivity index (χ2n) is 4.19. The maximum absolute atomic E-state index is 13.6. The smallest absolute Gasteiger partial charge is 0.152 e. The molecule has 86 valence electrons. The van der Waals surface area contributed by atoms with Gasteiger partial charge in [0.1, 0.15) is 11.3 Å². The van der Waals surface area contributed by atoms with Gasteiger partial charge < -0.3 is 10.2 Å². The predicted molar refractivity (Wildman–Crippen MR) is 62.9 cm³/mol. The second-order valence-corrected chi connectivity index (χ2v) is 4.60. The quantitative estimate of drug-likeness (QED) is 0.867. The molecule has 2 nitrogen and oxygen atoms in total. The number of hydrogen-bond donors (Lipinski definition) is 1. The van der Waals surface area contributed by atoms with Crippen LogP contribution in [0, 0.1) is 11.7 Å². The highest BCUT2D eigenvalue weighted by Crippen LogP contribution is 2.30. The van der Waals surface area contributed by atoms with Crippen molar-refractivity contribution < 1.29 is 8.81 Å². The van der Waals surface area contributed by atoms with Crippen molar-refractivity contribution in [3.63, 3.8) is 0 Å². The molecule has 0 unspecified atom stereocenters. The highest BCUT2D eigenvalue weighted by Gasteiger charge is 2.17. The minimum Gasteiger partial charge on any atom is -0.459 e. The first-order valence-electron chi connectivity index (χ1n) is 5.13. The fourth-order valence-corrected chi connectivity index (χ4v) is 1.73. The standard InChI is InChI=1S/C12H13ClFNO/c1-6(2)12(15)10-5-7-9(16-10)4-3-8(13)11(7)14/h3-6,12H,15H2,1-2H3/t12-/m1/s1. The third-order valence-electron chi connectivity index (χ3n) is 2.65. The van der Waals surface area contributed by atoms with Crippen LogP contribution in [-0.2, 0) is 0 Å². The fourth-order valence-electron chi connectivity index (χ4n) is 1.56. The Morgan fingerprint density at radius 1 is 1.38 bits per heavy atom. The molecule has 0 radical (unpaired) electrons. The first-order chi connectivity index (χ1) is 7.50. The van der Waals surface area contributed by atoms with Crippen molar-refractivity contribution in [2.75, 3.05) is 0 Å². The molecule has 4 heteroatoms. The molecule has 2 aromatic rings. The van der Waals surface area contributed by atoms with Crippen molar-refractivity contribution in [1.29, 1.82) is 0 Å². The molecule has 1 aromatic carbocycles. The van der Waals surface area contributed by atoms with Crippen molar-refractivity contribution in [1.82, 2.24) is 0 Å². The summed E-state index contributed by atoms with van der Waals surface area (Å²) in [5.41, 5.74) is 6.42. The fraction of sp³-hybridized carbons (Fsp3) is 0.333. The van der Waals surface area contributed by atoms with Crippen LogP contribution in [0.25, 0.3) is 11.0 Å².